The Morgan fingerprint density at radius 3 is 2.75 bits per heavy atom. The zero-order valence-corrected chi connectivity index (χ0v) is 25.1. The zero-order valence-electron chi connectivity index (χ0n) is 23.6. The number of aromatic nitrogens is 2. The van der Waals surface area contributed by atoms with Gasteiger partial charge in [-0.25, -0.2) is 4.39 Å². The average molecular weight is 661 g/mol. The highest BCUT2D eigenvalue weighted by atomic mass is 35.5. The molecule has 3 aliphatic rings. The number of ether oxygens (including phenoxy) is 3. The number of benzene rings is 2. The second kappa shape index (κ2) is 11.7. The van der Waals surface area contributed by atoms with Crippen LogP contribution in [0.3, 0.4) is 0 Å². The third kappa shape index (κ3) is 5.82. The van der Waals surface area contributed by atoms with Crippen LogP contribution >= 0.6 is 11.6 Å². The van der Waals surface area contributed by atoms with Crippen molar-refractivity contribution < 1.29 is 44.4 Å². The molecule has 0 bridgehead atoms. The number of nitrogens with zero attached hydrogens (tertiary/aromatic N) is 4. The van der Waals surface area contributed by atoms with Crippen molar-refractivity contribution in [2.75, 3.05) is 45.0 Å². The summed E-state index contributed by atoms with van der Waals surface area (Å²) in [4.78, 5) is 12.3. The summed E-state index contributed by atoms with van der Waals surface area (Å²) in [5.74, 6) is -0.255. The van der Waals surface area contributed by atoms with Crippen LogP contribution in [0.1, 0.15) is 30.5 Å². The van der Waals surface area contributed by atoms with E-state index < -0.39 is 33.2 Å². The molecule has 10 nitrogen and oxygen atoms in total. The molecule has 0 unspecified atom stereocenters. The molecule has 1 aromatic heterocycles. The average Bonchev–Trinajstić information content (AvgIpc) is 3.49. The van der Waals surface area contributed by atoms with Gasteiger partial charge in [0.25, 0.3) is 0 Å². The lowest BCUT2D eigenvalue weighted by molar-refractivity contribution is -0.0502. The molecule has 2 saturated heterocycles. The van der Waals surface area contributed by atoms with Crippen molar-refractivity contribution >= 4 is 38.2 Å². The van der Waals surface area contributed by atoms with Crippen LogP contribution in [0.4, 0.5) is 23.2 Å². The highest BCUT2D eigenvalue weighted by Crippen LogP contribution is 2.42. The predicted octanol–water partition coefficient (Wildman–Crippen LogP) is 5.01. The predicted molar refractivity (Wildman–Crippen MR) is 152 cm³/mol. The van der Waals surface area contributed by atoms with Gasteiger partial charge in [-0.05, 0) is 43.3 Å². The molecule has 16 heteroatoms. The monoisotopic (exact) mass is 660 g/mol. The van der Waals surface area contributed by atoms with Crippen LogP contribution in [0.2, 0.25) is 5.02 Å². The minimum atomic E-state index is -6.03. The second-order valence-corrected chi connectivity index (χ2v) is 13.0. The molecule has 44 heavy (non-hydrogen) atoms. The van der Waals surface area contributed by atoms with Gasteiger partial charge in [0, 0.05) is 43.6 Å². The molecule has 0 aliphatic carbocycles. The lowest BCUT2D eigenvalue weighted by Gasteiger charge is -2.33. The first-order valence-corrected chi connectivity index (χ1v) is 15.7. The van der Waals surface area contributed by atoms with Crippen LogP contribution in [0, 0.1) is 0 Å². The molecule has 0 N–H and O–H groups in total. The van der Waals surface area contributed by atoms with Gasteiger partial charge in [-0.15, -0.1) is 0 Å². The van der Waals surface area contributed by atoms with Gasteiger partial charge in [0.2, 0.25) is 5.88 Å². The fourth-order valence-corrected chi connectivity index (χ4v) is 7.02. The van der Waals surface area contributed by atoms with Crippen molar-refractivity contribution in [3.63, 3.8) is 0 Å². The van der Waals surface area contributed by atoms with E-state index in [1.54, 1.807) is 24.3 Å². The SMILES string of the molecule is COCOc1cc(N2CCc3c(nc(OC[C@@]45CCCN4C[C@H](F)C5)nc3OS(=O)(=O)C(F)(F)F)C2)c2c(Cl)cccc2c1. The van der Waals surface area contributed by atoms with Crippen molar-refractivity contribution in [1.29, 1.82) is 0 Å². The Balaban J connectivity index is 1.37. The van der Waals surface area contributed by atoms with E-state index in [9.17, 15) is 26.0 Å². The smallest absolute Gasteiger partial charge is 0.467 e. The summed E-state index contributed by atoms with van der Waals surface area (Å²) in [6.07, 6.45) is 0.783. The van der Waals surface area contributed by atoms with Crippen LogP contribution in [-0.2, 0) is 27.8 Å². The summed E-state index contributed by atoms with van der Waals surface area (Å²) in [5.41, 5.74) is -5.28. The van der Waals surface area contributed by atoms with Gasteiger partial charge in [-0.3, -0.25) is 4.90 Å². The summed E-state index contributed by atoms with van der Waals surface area (Å²) in [6.45, 7) is 1.23. The number of alkyl halides is 4. The molecular formula is C28H29ClF4N4O6S. The molecule has 238 valence electrons. The molecule has 0 spiro atoms. The van der Waals surface area contributed by atoms with E-state index in [1.807, 2.05) is 15.9 Å². The summed E-state index contributed by atoms with van der Waals surface area (Å²) in [5, 5.41) is 1.96. The van der Waals surface area contributed by atoms with E-state index >= 15 is 0 Å². The summed E-state index contributed by atoms with van der Waals surface area (Å²) in [7, 11) is -4.54. The number of anilines is 1. The number of rotatable bonds is 9. The van der Waals surface area contributed by atoms with Crippen LogP contribution in [0.5, 0.6) is 17.6 Å². The normalized spacial score (nSPS) is 22.2. The second-order valence-electron chi connectivity index (χ2n) is 11.1. The molecule has 3 aromatic rings. The molecule has 2 atom stereocenters. The molecule has 4 heterocycles. The molecule has 0 radical (unpaired) electrons. The van der Waals surface area contributed by atoms with Gasteiger partial charge in [-0.2, -0.15) is 31.6 Å². The van der Waals surface area contributed by atoms with Crippen molar-refractivity contribution in [2.45, 2.75) is 49.4 Å². The first-order valence-electron chi connectivity index (χ1n) is 13.9. The highest BCUT2D eigenvalue weighted by Gasteiger charge is 2.51. The lowest BCUT2D eigenvalue weighted by atomic mass is 9.95. The first-order chi connectivity index (χ1) is 20.9. The van der Waals surface area contributed by atoms with Crippen LogP contribution in [0.25, 0.3) is 10.8 Å². The maximum absolute atomic E-state index is 14.3. The van der Waals surface area contributed by atoms with Crippen molar-refractivity contribution in [3.05, 3.63) is 46.6 Å². The number of hydrogen-bond acceptors (Lipinski definition) is 10. The Labute approximate surface area is 255 Å². The Hall–Kier alpha value is -3.14. The third-order valence-electron chi connectivity index (χ3n) is 8.27. The van der Waals surface area contributed by atoms with Gasteiger partial charge in [0.15, 0.2) is 6.79 Å². The first kappa shape index (κ1) is 30.9. The number of methoxy groups -OCH3 is 1. The molecule has 2 aromatic carbocycles. The van der Waals surface area contributed by atoms with Gasteiger partial charge in [-0.1, -0.05) is 23.7 Å². The van der Waals surface area contributed by atoms with Crippen LogP contribution in [-0.4, -0.2) is 80.6 Å². The van der Waals surface area contributed by atoms with E-state index in [0.717, 1.165) is 11.8 Å². The van der Waals surface area contributed by atoms with Crippen LogP contribution in [0.15, 0.2) is 30.3 Å². The quantitative estimate of drug-likeness (QED) is 0.135. The van der Waals surface area contributed by atoms with Gasteiger partial charge in [0.1, 0.15) is 18.5 Å². The number of fused-ring (bicyclic) bond motifs is 3. The molecule has 3 aliphatic heterocycles. The standard InChI is InChI=1S/C28H29ClF4N4O6S/c1-40-16-42-19-10-17-4-2-5-21(29)24(17)23(11-19)36-9-6-20-22(14-36)34-26(35-25(20)43-44(38,39)28(31,32)33)41-15-27-7-3-8-37(27)13-18(30)12-27/h2,4-5,10-11,18H,3,6-9,12-16H2,1H3/t18-,27+/m1/s1. The van der Waals surface area contributed by atoms with E-state index in [1.165, 1.54) is 7.11 Å². The molecule has 0 amide bonds. The Morgan fingerprint density at radius 2 is 1.98 bits per heavy atom. The molecule has 6 rings (SSSR count). The summed E-state index contributed by atoms with van der Waals surface area (Å²) >= 11 is 6.60. The summed E-state index contributed by atoms with van der Waals surface area (Å²) < 4.78 is 99.4. The van der Waals surface area contributed by atoms with E-state index in [4.69, 9.17) is 25.8 Å². The number of halogens is 5. The molecular weight excluding hydrogens is 632 g/mol. The van der Waals surface area contributed by atoms with Crippen molar-refractivity contribution in [2.24, 2.45) is 0 Å². The van der Waals surface area contributed by atoms with E-state index in [-0.39, 0.29) is 63.1 Å². The zero-order chi connectivity index (χ0) is 31.3. The van der Waals surface area contributed by atoms with Crippen molar-refractivity contribution in [1.82, 2.24) is 14.9 Å². The van der Waals surface area contributed by atoms with E-state index in [2.05, 4.69) is 14.2 Å². The maximum atomic E-state index is 14.3. The van der Waals surface area contributed by atoms with Gasteiger partial charge in [0.05, 0.1) is 28.5 Å². The Bertz CT molecular complexity index is 1680. The van der Waals surface area contributed by atoms with Crippen LogP contribution < -0.4 is 18.6 Å². The third-order valence-corrected chi connectivity index (χ3v) is 9.53. The minimum Gasteiger partial charge on any atom is -0.467 e. The minimum absolute atomic E-state index is 0.00127. The Kier molecular flexibility index (Phi) is 8.18. The number of hydrogen-bond donors (Lipinski definition) is 0. The fourth-order valence-electron chi connectivity index (χ4n) is 6.31. The fraction of sp³-hybridized carbons (Fsp3) is 0.500. The largest absolute Gasteiger partial charge is 0.534 e. The summed E-state index contributed by atoms with van der Waals surface area (Å²) in [6, 6.07) is 8.61. The van der Waals surface area contributed by atoms with E-state index in [0.29, 0.717) is 34.8 Å². The molecule has 2 fully saturated rings. The van der Waals surface area contributed by atoms with Gasteiger partial charge >= 0.3 is 21.6 Å². The van der Waals surface area contributed by atoms with Gasteiger partial charge < -0.3 is 23.3 Å². The molecule has 0 saturated carbocycles. The Morgan fingerprint density at radius 1 is 1.16 bits per heavy atom. The van der Waals surface area contributed by atoms with Crippen molar-refractivity contribution in [3.8, 4) is 17.6 Å². The lowest BCUT2D eigenvalue weighted by Crippen LogP contribution is -2.43. The highest BCUT2D eigenvalue weighted by molar-refractivity contribution is 7.88. The topological polar surface area (TPSA) is 103 Å². The maximum Gasteiger partial charge on any atom is 0.534 e.